The maximum atomic E-state index is 12.0. The minimum absolute atomic E-state index is 0.0516. The second-order valence-corrected chi connectivity index (χ2v) is 5.20. The Morgan fingerprint density at radius 3 is 3.00 bits per heavy atom. The van der Waals surface area contributed by atoms with E-state index in [1.807, 2.05) is 6.07 Å². The van der Waals surface area contributed by atoms with Gasteiger partial charge in [-0.3, -0.25) is 4.79 Å². The normalized spacial score (nSPS) is 18.6. The molecule has 0 bridgehead atoms. The molecule has 0 aliphatic carbocycles. The molecule has 0 aromatic heterocycles. The summed E-state index contributed by atoms with van der Waals surface area (Å²) >= 11 is 3.31. The first kappa shape index (κ1) is 14.8. The van der Waals surface area contributed by atoms with Crippen molar-refractivity contribution < 1.29 is 24.2 Å². The van der Waals surface area contributed by atoms with Crippen molar-refractivity contribution in [3.05, 3.63) is 28.7 Å². The van der Waals surface area contributed by atoms with Gasteiger partial charge in [0.2, 0.25) is 0 Å². The third-order valence-corrected chi connectivity index (χ3v) is 3.35. The molecule has 0 saturated carbocycles. The van der Waals surface area contributed by atoms with Crippen molar-refractivity contribution >= 4 is 27.8 Å². The summed E-state index contributed by atoms with van der Waals surface area (Å²) in [5.41, 5.74) is 0. The van der Waals surface area contributed by atoms with Crippen molar-refractivity contribution in [2.75, 3.05) is 26.3 Å². The second-order valence-electron chi connectivity index (χ2n) is 4.28. The molecular formula is C13H14BrNO5. The quantitative estimate of drug-likeness (QED) is 0.887. The number of carboxylic acids is 1. The molecule has 2 rings (SSSR count). The zero-order valence-corrected chi connectivity index (χ0v) is 12.2. The number of amides is 1. The lowest BCUT2D eigenvalue weighted by atomic mass is 10.2. The average molecular weight is 344 g/mol. The number of hydrogen-bond acceptors (Lipinski definition) is 4. The van der Waals surface area contributed by atoms with Gasteiger partial charge in [0, 0.05) is 11.0 Å². The van der Waals surface area contributed by atoms with Crippen molar-refractivity contribution in [2.24, 2.45) is 0 Å². The Balaban J connectivity index is 1.87. The smallest absolute Gasteiger partial charge is 0.334 e. The lowest BCUT2D eigenvalue weighted by molar-refractivity contribution is -0.159. The van der Waals surface area contributed by atoms with Gasteiger partial charge in [0.15, 0.2) is 12.7 Å². The largest absolute Gasteiger partial charge is 0.484 e. The molecule has 1 unspecified atom stereocenters. The molecule has 7 heteroatoms. The number of carbonyl (C=O) groups excluding carboxylic acids is 1. The Hall–Kier alpha value is -1.60. The monoisotopic (exact) mass is 343 g/mol. The van der Waals surface area contributed by atoms with Crippen LogP contribution in [0.5, 0.6) is 5.75 Å². The third-order valence-electron chi connectivity index (χ3n) is 2.85. The maximum Gasteiger partial charge on any atom is 0.334 e. The van der Waals surface area contributed by atoms with Crippen molar-refractivity contribution in [3.8, 4) is 5.75 Å². The predicted molar refractivity (Wildman–Crippen MR) is 73.6 cm³/mol. The highest BCUT2D eigenvalue weighted by atomic mass is 79.9. The van der Waals surface area contributed by atoms with Crippen LogP contribution in [0.1, 0.15) is 0 Å². The molecule has 1 aromatic rings. The molecule has 6 nitrogen and oxygen atoms in total. The number of morpholine rings is 1. The van der Waals surface area contributed by atoms with Crippen molar-refractivity contribution in [1.29, 1.82) is 0 Å². The van der Waals surface area contributed by atoms with E-state index >= 15 is 0 Å². The standard InChI is InChI=1S/C13H14BrNO5/c14-9-2-1-3-10(6-9)20-8-12(16)15-4-5-19-11(7-15)13(17)18/h1-3,6,11H,4-5,7-8H2,(H,17,18). The van der Waals surface area contributed by atoms with E-state index in [1.54, 1.807) is 18.2 Å². The van der Waals surface area contributed by atoms with Crippen LogP contribution in [0.2, 0.25) is 0 Å². The third kappa shape index (κ3) is 3.94. The fourth-order valence-corrected chi connectivity index (χ4v) is 2.20. The summed E-state index contributed by atoms with van der Waals surface area (Å²) in [6, 6.07) is 7.16. The minimum atomic E-state index is -1.06. The van der Waals surface area contributed by atoms with Gasteiger partial charge in [0.05, 0.1) is 13.2 Å². The van der Waals surface area contributed by atoms with Gasteiger partial charge in [-0.2, -0.15) is 0 Å². The number of ether oxygens (including phenoxy) is 2. The highest BCUT2D eigenvalue weighted by molar-refractivity contribution is 9.10. The van der Waals surface area contributed by atoms with Crippen molar-refractivity contribution in [1.82, 2.24) is 4.90 Å². The minimum Gasteiger partial charge on any atom is -0.484 e. The summed E-state index contributed by atoms with van der Waals surface area (Å²) in [4.78, 5) is 24.2. The van der Waals surface area contributed by atoms with E-state index in [2.05, 4.69) is 15.9 Å². The molecule has 1 aliphatic rings. The lowest BCUT2D eigenvalue weighted by Crippen LogP contribution is -2.49. The number of benzene rings is 1. The zero-order valence-electron chi connectivity index (χ0n) is 10.6. The van der Waals surface area contributed by atoms with Crippen LogP contribution in [0.3, 0.4) is 0 Å². The number of carbonyl (C=O) groups is 2. The van der Waals surface area contributed by atoms with Gasteiger partial charge in [0.25, 0.3) is 5.91 Å². The summed E-state index contributed by atoms with van der Waals surface area (Å²) in [6.07, 6.45) is -0.960. The molecule has 1 atom stereocenters. The Kier molecular flexibility index (Phi) is 4.97. The number of nitrogens with zero attached hydrogens (tertiary/aromatic N) is 1. The van der Waals surface area contributed by atoms with E-state index in [4.69, 9.17) is 14.6 Å². The summed E-state index contributed by atoms with van der Waals surface area (Å²) < 4.78 is 11.3. The van der Waals surface area contributed by atoms with Crippen LogP contribution in [0.25, 0.3) is 0 Å². The Morgan fingerprint density at radius 1 is 1.50 bits per heavy atom. The Bertz CT molecular complexity index is 507. The molecular weight excluding hydrogens is 330 g/mol. The Morgan fingerprint density at radius 2 is 2.30 bits per heavy atom. The maximum absolute atomic E-state index is 12.0. The second kappa shape index (κ2) is 6.71. The average Bonchev–Trinajstić information content (AvgIpc) is 2.45. The Labute approximate surface area is 124 Å². The van der Waals surface area contributed by atoms with Gasteiger partial charge in [-0.1, -0.05) is 22.0 Å². The van der Waals surface area contributed by atoms with Gasteiger partial charge in [-0.15, -0.1) is 0 Å². The topological polar surface area (TPSA) is 76.1 Å². The highest BCUT2D eigenvalue weighted by Gasteiger charge is 2.28. The highest BCUT2D eigenvalue weighted by Crippen LogP contribution is 2.17. The predicted octanol–water partition coefficient (Wildman–Crippen LogP) is 1.14. The molecule has 1 N–H and O–H groups in total. The van der Waals surface area contributed by atoms with E-state index in [9.17, 15) is 9.59 Å². The van der Waals surface area contributed by atoms with E-state index in [1.165, 1.54) is 4.90 Å². The van der Waals surface area contributed by atoms with Gasteiger partial charge in [0.1, 0.15) is 5.75 Å². The van der Waals surface area contributed by atoms with Crippen molar-refractivity contribution in [3.63, 3.8) is 0 Å². The summed E-state index contributed by atoms with van der Waals surface area (Å²) in [5, 5.41) is 8.88. The van der Waals surface area contributed by atoms with Crippen LogP contribution in [0.4, 0.5) is 0 Å². The van der Waals surface area contributed by atoms with Crippen LogP contribution in [0, 0.1) is 0 Å². The fraction of sp³-hybridized carbons (Fsp3) is 0.385. The van der Waals surface area contributed by atoms with Gasteiger partial charge < -0.3 is 19.5 Å². The molecule has 1 heterocycles. The van der Waals surface area contributed by atoms with Crippen LogP contribution in [0.15, 0.2) is 28.7 Å². The lowest BCUT2D eigenvalue weighted by Gasteiger charge is -2.30. The van der Waals surface area contributed by atoms with Gasteiger partial charge in [-0.25, -0.2) is 4.79 Å². The van der Waals surface area contributed by atoms with Crippen LogP contribution < -0.4 is 4.74 Å². The summed E-state index contributed by atoms with van der Waals surface area (Å²) in [7, 11) is 0. The SMILES string of the molecule is O=C(O)C1CN(C(=O)COc2cccc(Br)c2)CCO1. The van der Waals surface area contributed by atoms with Crippen molar-refractivity contribution in [2.45, 2.75) is 6.10 Å². The summed E-state index contributed by atoms with van der Waals surface area (Å²) in [5.74, 6) is -0.731. The number of hydrogen-bond donors (Lipinski definition) is 1. The first-order valence-electron chi connectivity index (χ1n) is 6.07. The molecule has 1 saturated heterocycles. The van der Waals surface area contributed by atoms with Crippen LogP contribution >= 0.6 is 15.9 Å². The fourth-order valence-electron chi connectivity index (χ4n) is 1.82. The summed E-state index contributed by atoms with van der Waals surface area (Å²) in [6.45, 7) is 0.531. The molecule has 20 heavy (non-hydrogen) atoms. The molecule has 0 spiro atoms. The molecule has 1 aliphatic heterocycles. The van der Waals surface area contributed by atoms with Crippen LogP contribution in [-0.2, 0) is 14.3 Å². The van der Waals surface area contributed by atoms with Gasteiger partial charge >= 0.3 is 5.97 Å². The van der Waals surface area contributed by atoms with E-state index in [-0.39, 0.29) is 25.7 Å². The molecule has 1 aromatic carbocycles. The zero-order chi connectivity index (χ0) is 14.5. The van der Waals surface area contributed by atoms with E-state index in [0.717, 1.165) is 4.47 Å². The first-order chi connectivity index (χ1) is 9.56. The van der Waals surface area contributed by atoms with Crippen LogP contribution in [-0.4, -0.2) is 54.3 Å². The number of aliphatic carboxylic acids is 1. The molecule has 108 valence electrons. The first-order valence-corrected chi connectivity index (χ1v) is 6.86. The number of rotatable bonds is 4. The van der Waals surface area contributed by atoms with E-state index < -0.39 is 12.1 Å². The van der Waals surface area contributed by atoms with Gasteiger partial charge in [-0.05, 0) is 18.2 Å². The number of carboxylic acid groups (broad SMARTS) is 1. The molecule has 1 fully saturated rings. The number of halogens is 1. The van der Waals surface area contributed by atoms with E-state index in [0.29, 0.717) is 12.3 Å². The molecule has 1 amide bonds. The molecule has 0 radical (unpaired) electrons.